The maximum atomic E-state index is 11.5. The van der Waals surface area contributed by atoms with Crippen molar-refractivity contribution in [1.29, 1.82) is 0 Å². The molecule has 2 N–H and O–H groups in total. The summed E-state index contributed by atoms with van der Waals surface area (Å²) in [5.41, 5.74) is 2.66. The first kappa shape index (κ1) is 13.7. The fraction of sp³-hybridized carbons (Fsp3) is 0.214. The SMILES string of the molecule is CNC(=O)c1ccc(NCc2ccc(Br)o2)c(C)c1. The lowest BCUT2D eigenvalue weighted by Gasteiger charge is -2.09. The molecule has 0 unspecified atom stereocenters. The van der Waals surface area contributed by atoms with Crippen molar-refractivity contribution in [3.8, 4) is 0 Å². The standard InChI is InChI=1S/C14H15BrN2O2/c1-9-7-10(14(18)16-2)3-5-12(9)17-8-11-4-6-13(15)19-11/h3-7,17H,8H2,1-2H3,(H,16,18). The number of nitrogens with one attached hydrogen (secondary N) is 2. The van der Waals surface area contributed by atoms with Crippen molar-refractivity contribution < 1.29 is 9.21 Å². The fourth-order valence-electron chi connectivity index (χ4n) is 1.78. The number of hydrogen-bond donors (Lipinski definition) is 2. The van der Waals surface area contributed by atoms with Gasteiger partial charge in [0.05, 0.1) is 6.54 Å². The molecule has 0 fully saturated rings. The highest BCUT2D eigenvalue weighted by molar-refractivity contribution is 9.10. The van der Waals surface area contributed by atoms with Gasteiger partial charge in [0.1, 0.15) is 5.76 Å². The predicted octanol–water partition coefficient (Wildman–Crippen LogP) is 3.32. The molecule has 0 aliphatic rings. The van der Waals surface area contributed by atoms with Gasteiger partial charge < -0.3 is 15.1 Å². The van der Waals surface area contributed by atoms with Crippen molar-refractivity contribution in [1.82, 2.24) is 5.32 Å². The lowest BCUT2D eigenvalue weighted by atomic mass is 10.1. The van der Waals surface area contributed by atoms with Crippen molar-refractivity contribution in [2.45, 2.75) is 13.5 Å². The van der Waals surface area contributed by atoms with Gasteiger partial charge in [0.25, 0.3) is 5.91 Å². The number of carbonyl (C=O) groups excluding carboxylic acids is 1. The van der Waals surface area contributed by atoms with Gasteiger partial charge in [-0.2, -0.15) is 0 Å². The summed E-state index contributed by atoms with van der Waals surface area (Å²) in [6, 6.07) is 9.33. The van der Waals surface area contributed by atoms with E-state index < -0.39 is 0 Å². The molecule has 0 saturated heterocycles. The zero-order chi connectivity index (χ0) is 13.8. The van der Waals surface area contributed by atoms with Crippen molar-refractivity contribution in [2.75, 3.05) is 12.4 Å². The number of amides is 1. The van der Waals surface area contributed by atoms with Crippen LogP contribution >= 0.6 is 15.9 Å². The van der Waals surface area contributed by atoms with E-state index >= 15 is 0 Å². The van der Waals surface area contributed by atoms with Gasteiger partial charge in [0.2, 0.25) is 0 Å². The third-order valence-corrected chi connectivity index (χ3v) is 3.22. The largest absolute Gasteiger partial charge is 0.452 e. The van der Waals surface area contributed by atoms with Gasteiger partial charge in [-0.25, -0.2) is 0 Å². The molecule has 2 rings (SSSR count). The summed E-state index contributed by atoms with van der Waals surface area (Å²) in [5, 5.41) is 5.89. The maximum absolute atomic E-state index is 11.5. The Morgan fingerprint density at radius 2 is 2.11 bits per heavy atom. The summed E-state index contributed by atoms with van der Waals surface area (Å²) in [4.78, 5) is 11.5. The maximum Gasteiger partial charge on any atom is 0.251 e. The van der Waals surface area contributed by atoms with Crippen LogP contribution in [0.25, 0.3) is 0 Å². The Kier molecular flexibility index (Phi) is 4.27. The molecule has 0 atom stereocenters. The quantitative estimate of drug-likeness (QED) is 0.907. The molecule has 0 aliphatic heterocycles. The van der Waals surface area contributed by atoms with Crippen LogP contribution in [0.5, 0.6) is 0 Å². The zero-order valence-corrected chi connectivity index (χ0v) is 12.4. The van der Waals surface area contributed by atoms with Crippen LogP contribution in [-0.4, -0.2) is 13.0 Å². The highest BCUT2D eigenvalue weighted by Gasteiger charge is 2.06. The normalized spacial score (nSPS) is 10.3. The Morgan fingerprint density at radius 3 is 2.68 bits per heavy atom. The molecule has 19 heavy (non-hydrogen) atoms. The van der Waals surface area contributed by atoms with Gasteiger partial charge in [-0.05, 0) is 58.7 Å². The van der Waals surface area contributed by atoms with Gasteiger partial charge in [-0.3, -0.25) is 4.79 Å². The number of anilines is 1. The first-order valence-electron chi connectivity index (χ1n) is 5.91. The monoisotopic (exact) mass is 322 g/mol. The number of benzene rings is 1. The molecular formula is C14H15BrN2O2. The van der Waals surface area contributed by atoms with Crippen LogP contribution in [-0.2, 0) is 6.54 Å². The Labute approximate surface area is 120 Å². The van der Waals surface area contributed by atoms with E-state index in [2.05, 4.69) is 26.6 Å². The molecule has 0 bridgehead atoms. The van der Waals surface area contributed by atoms with Crippen LogP contribution in [0.15, 0.2) is 39.4 Å². The van der Waals surface area contributed by atoms with Crippen LogP contribution in [0.1, 0.15) is 21.7 Å². The minimum atomic E-state index is -0.0791. The first-order chi connectivity index (χ1) is 9.10. The van der Waals surface area contributed by atoms with Gasteiger partial charge in [-0.1, -0.05) is 0 Å². The molecule has 5 heteroatoms. The Morgan fingerprint density at radius 1 is 1.32 bits per heavy atom. The lowest BCUT2D eigenvalue weighted by Crippen LogP contribution is -2.17. The van der Waals surface area contributed by atoms with Crippen LogP contribution in [0.2, 0.25) is 0 Å². The molecule has 100 valence electrons. The first-order valence-corrected chi connectivity index (χ1v) is 6.70. The number of hydrogen-bond acceptors (Lipinski definition) is 3. The Balaban J connectivity index is 2.07. The van der Waals surface area contributed by atoms with E-state index in [4.69, 9.17) is 4.42 Å². The third-order valence-electron chi connectivity index (χ3n) is 2.80. The minimum Gasteiger partial charge on any atom is -0.452 e. The summed E-state index contributed by atoms with van der Waals surface area (Å²) in [7, 11) is 1.62. The van der Waals surface area contributed by atoms with Crippen LogP contribution in [0.4, 0.5) is 5.69 Å². The highest BCUT2D eigenvalue weighted by Crippen LogP contribution is 2.19. The molecule has 4 nitrogen and oxygen atoms in total. The second-order valence-electron chi connectivity index (χ2n) is 4.17. The minimum absolute atomic E-state index is 0.0791. The van der Waals surface area contributed by atoms with Gasteiger partial charge in [-0.15, -0.1) is 0 Å². The Hall–Kier alpha value is -1.75. The number of carbonyl (C=O) groups is 1. The van der Waals surface area contributed by atoms with E-state index in [1.165, 1.54) is 0 Å². The van der Waals surface area contributed by atoms with Crippen molar-refractivity contribution in [3.05, 3.63) is 51.9 Å². The van der Waals surface area contributed by atoms with Crippen LogP contribution in [0, 0.1) is 6.92 Å². The molecule has 0 saturated carbocycles. The summed E-state index contributed by atoms with van der Waals surface area (Å²) >= 11 is 3.27. The van der Waals surface area contributed by atoms with E-state index in [1.807, 2.05) is 31.2 Å². The van der Waals surface area contributed by atoms with Gasteiger partial charge in [0, 0.05) is 18.3 Å². The van der Waals surface area contributed by atoms with Crippen molar-refractivity contribution >= 4 is 27.5 Å². The smallest absolute Gasteiger partial charge is 0.251 e. The van der Waals surface area contributed by atoms with Gasteiger partial charge >= 0.3 is 0 Å². The molecule has 1 aromatic heterocycles. The van der Waals surface area contributed by atoms with Crippen molar-refractivity contribution in [3.63, 3.8) is 0 Å². The predicted molar refractivity (Wildman–Crippen MR) is 78.3 cm³/mol. The number of rotatable bonds is 4. The molecule has 1 aromatic carbocycles. The van der Waals surface area contributed by atoms with Crippen molar-refractivity contribution in [2.24, 2.45) is 0 Å². The Bertz CT molecular complexity index is 593. The summed E-state index contributed by atoms with van der Waals surface area (Å²) < 4.78 is 6.13. The topological polar surface area (TPSA) is 54.3 Å². The number of furan rings is 1. The third kappa shape index (κ3) is 3.38. The van der Waals surface area contributed by atoms with E-state index in [1.54, 1.807) is 13.1 Å². The summed E-state index contributed by atoms with van der Waals surface area (Å²) in [6.45, 7) is 2.57. The molecule has 0 spiro atoms. The highest BCUT2D eigenvalue weighted by atomic mass is 79.9. The molecule has 0 radical (unpaired) electrons. The zero-order valence-electron chi connectivity index (χ0n) is 10.8. The fourth-order valence-corrected chi connectivity index (χ4v) is 2.12. The molecule has 0 aliphatic carbocycles. The van der Waals surface area contributed by atoms with Gasteiger partial charge in [0.15, 0.2) is 4.67 Å². The van der Waals surface area contributed by atoms with Crippen LogP contribution < -0.4 is 10.6 Å². The van der Waals surface area contributed by atoms with E-state index in [9.17, 15) is 4.79 Å². The molecule has 1 heterocycles. The second-order valence-corrected chi connectivity index (χ2v) is 4.95. The number of aryl methyl sites for hydroxylation is 1. The molecule has 2 aromatic rings. The van der Waals surface area contributed by atoms with E-state index in [0.717, 1.165) is 21.7 Å². The summed E-state index contributed by atoms with van der Waals surface area (Å²) in [6.07, 6.45) is 0. The van der Waals surface area contributed by atoms with E-state index in [-0.39, 0.29) is 5.91 Å². The van der Waals surface area contributed by atoms with E-state index in [0.29, 0.717) is 12.1 Å². The molecular weight excluding hydrogens is 308 g/mol. The average Bonchev–Trinajstić information content (AvgIpc) is 2.82. The average molecular weight is 323 g/mol. The lowest BCUT2D eigenvalue weighted by molar-refractivity contribution is 0.0963. The summed E-state index contributed by atoms with van der Waals surface area (Å²) in [5.74, 6) is 0.770. The molecule has 1 amide bonds. The number of halogens is 1. The van der Waals surface area contributed by atoms with Crippen LogP contribution in [0.3, 0.4) is 0 Å². The second kappa shape index (κ2) is 5.93.